The Hall–Kier alpha value is -1.03. The van der Waals surface area contributed by atoms with E-state index in [0.29, 0.717) is 6.54 Å². The Morgan fingerprint density at radius 1 is 1.83 bits per heavy atom. The summed E-state index contributed by atoms with van der Waals surface area (Å²) in [6.07, 6.45) is 0. The third-order valence-electron chi connectivity index (χ3n) is 1.56. The van der Waals surface area contributed by atoms with Crippen LogP contribution in [0.5, 0.6) is 0 Å². The summed E-state index contributed by atoms with van der Waals surface area (Å²) in [6.45, 7) is 2.16. The highest BCUT2D eigenvalue weighted by atomic mass is 32.1. The first kappa shape index (κ1) is 9.06. The maximum Gasteiger partial charge on any atom is 0.308 e. The van der Waals surface area contributed by atoms with Crippen LogP contribution in [0.4, 0.5) is 5.69 Å². The van der Waals surface area contributed by atoms with Gasteiger partial charge in [0.15, 0.2) is 0 Å². The van der Waals surface area contributed by atoms with E-state index in [0.717, 1.165) is 5.69 Å². The van der Waals surface area contributed by atoms with E-state index in [9.17, 15) is 4.79 Å². The molecular weight excluding hydrogens is 174 g/mol. The van der Waals surface area contributed by atoms with E-state index in [4.69, 9.17) is 5.11 Å². The van der Waals surface area contributed by atoms with Crippen molar-refractivity contribution in [3.05, 3.63) is 16.8 Å². The van der Waals surface area contributed by atoms with Crippen LogP contribution >= 0.6 is 11.3 Å². The Kier molecular flexibility index (Phi) is 3.10. The fourth-order valence-electron chi connectivity index (χ4n) is 0.723. The van der Waals surface area contributed by atoms with Crippen LogP contribution in [0.15, 0.2) is 16.8 Å². The molecule has 66 valence electrons. The topological polar surface area (TPSA) is 49.3 Å². The molecular formula is C8H11NO2S. The lowest BCUT2D eigenvalue weighted by molar-refractivity contribution is -0.140. The summed E-state index contributed by atoms with van der Waals surface area (Å²) in [5, 5.41) is 15.5. The minimum atomic E-state index is -0.766. The largest absolute Gasteiger partial charge is 0.481 e. The molecule has 0 saturated carbocycles. The number of thiophene rings is 1. The van der Waals surface area contributed by atoms with Gasteiger partial charge in [-0.15, -0.1) is 0 Å². The number of hydrogen-bond acceptors (Lipinski definition) is 3. The molecule has 0 bridgehead atoms. The second-order valence-corrected chi connectivity index (χ2v) is 3.41. The van der Waals surface area contributed by atoms with Gasteiger partial charge in [-0.3, -0.25) is 4.79 Å². The Balaban J connectivity index is 2.31. The van der Waals surface area contributed by atoms with Gasteiger partial charge in [0.2, 0.25) is 0 Å². The number of carbonyl (C=O) groups is 1. The zero-order chi connectivity index (χ0) is 8.97. The molecule has 0 saturated heterocycles. The van der Waals surface area contributed by atoms with E-state index in [2.05, 4.69) is 5.32 Å². The molecule has 0 radical (unpaired) electrons. The highest BCUT2D eigenvalue weighted by Gasteiger charge is 2.09. The average Bonchev–Trinajstić information content (AvgIpc) is 2.51. The van der Waals surface area contributed by atoms with Crippen LogP contribution in [0.1, 0.15) is 6.92 Å². The first-order valence-electron chi connectivity index (χ1n) is 3.69. The Morgan fingerprint density at radius 2 is 2.58 bits per heavy atom. The van der Waals surface area contributed by atoms with Gasteiger partial charge in [-0.1, -0.05) is 6.92 Å². The first-order chi connectivity index (χ1) is 5.70. The normalized spacial score (nSPS) is 12.4. The summed E-state index contributed by atoms with van der Waals surface area (Å²) >= 11 is 1.59. The van der Waals surface area contributed by atoms with E-state index in [1.165, 1.54) is 0 Å². The van der Waals surface area contributed by atoms with Crippen LogP contribution in [0, 0.1) is 5.92 Å². The van der Waals surface area contributed by atoms with Gasteiger partial charge in [0.25, 0.3) is 0 Å². The first-order valence-corrected chi connectivity index (χ1v) is 4.63. The highest BCUT2D eigenvalue weighted by Crippen LogP contribution is 2.12. The number of aliphatic carboxylic acids is 1. The predicted molar refractivity (Wildman–Crippen MR) is 49.6 cm³/mol. The molecule has 1 unspecified atom stereocenters. The lowest BCUT2D eigenvalue weighted by atomic mass is 10.2. The molecule has 12 heavy (non-hydrogen) atoms. The van der Waals surface area contributed by atoms with E-state index in [1.54, 1.807) is 18.3 Å². The third-order valence-corrected chi connectivity index (χ3v) is 2.24. The van der Waals surface area contributed by atoms with Crippen molar-refractivity contribution in [2.75, 3.05) is 11.9 Å². The van der Waals surface area contributed by atoms with Crippen LogP contribution < -0.4 is 5.32 Å². The van der Waals surface area contributed by atoms with Crippen molar-refractivity contribution in [2.24, 2.45) is 5.92 Å². The minimum Gasteiger partial charge on any atom is -0.481 e. The van der Waals surface area contributed by atoms with Crippen LogP contribution in [-0.2, 0) is 4.79 Å². The van der Waals surface area contributed by atoms with Gasteiger partial charge in [0.05, 0.1) is 5.92 Å². The Bertz CT molecular complexity index is 246. The van der Waals surface area contributed by atoms with Gasteiger partial charge < -0.3 is 10.4 Å². The molecule has 0 spiro atoms. The van der Waals surface area contributed by atoms with Crippen molar-refractivity contribution >= 4 is 23.0 Å². The molecule has 3 nitrogen and oxygen atoms in total. The quantitative estimate of drug-likeness (QED) is 0.753. The van der Waals surface area contributed by atoms with E-state index in [1.807, 2.05) is 16.8 Å². The number of nitrogens with one attached hydrogen (secondary N) is 1. The zero-order valence-corrected chi connectivity index (χ0v) is 7.60. The van der Waals surface area contributed by atoms with Crippen LogP contribution in [0.3, 0.4) is 0 Å². The molecule has 4 heteroatoms. The summed E-state index contributed by atoms with van der Waals surface area (Å²) in [6, 6.07) is 1.93. The van der Waals surface area contributed by atoms with Gasteiger partial charge >= 0.3 is 5.97 Å². The standard InChI is InChI=1S/C8H11NO2S/c1-6(8(10)11)4-9-7-2-3-12-5-7/h2-3,5-6,9H,4H2,1H3,(H,10,11). The van der Waals surface area contributed by atoms with E-state index >= 15 is 0 Å². The van der Waals surface area contributed by atoms with Gasteiger partial charge in [-0.2, -0.15) is 11.3 Å². The highest BCUT2D eigenvalue weighted by molar-refractivity contribution is 7.08. The molecule has 1 aromatic rings. The molecule has 1 rings (SSSR count). The van der Waals surface area contributed by atoms with Gasteiger partial charge in [-0.25, -0.2) is 0 Å². The third kappa shape index (κ3) is 2.54. The number of carboxylic acid groups (broad SMARTS) is 1. The van der Waals surface area contributed by atoms with Crippen molar-refractivity contribution in [3.63, 3.8) is 0 Å². The lowest BCUT2D eigenvalue weighted by Crippen LogP contribution is -2.19. The molecule has 0 aliphatic rings. The van der Waals surface area contributed by atoms with Gasteiger partial charge in [0.1, 0.15) is 0 Å². The SMILES string of the molecule is CC(CNc1ccsc1)C(=O)O. The summed E-state index contributed by atoms with van der Waals surface area (Å²) in [5.74, 6) is -1.11. The molecule has 0 aromatic carbocycles. The predicted octanol–water partition coefficient (Wildman–Crippen LogP) is 1.88. The minimum absolute atomic E-state index is 0.343. The van der Waals surface area contributed by atoms with Crippen molar-refractivity contribution in [3.8, 4) is 0 Å². The molecule has 0 aliphatic carbocycles. The summed E-state index contributed by atoms with van der Waals surface area (Å²) in [4.78, 5) is 10.4. The smallest absolute Gasteiger partial charge is 0.308 e. The lowest BCUT2D eigenvalue weighted by Gasteiger charge is -2.06. The van der Waals surface area contributed by atoms with Gasteiger partial charge in [0, 0.05) is 17.6 Å². The molecule has 1 aromatic heterocycles. The molecule has 2 N–H and O–H groups in total. The summed E-state index contributed by atoms with van der Waals surface area (Å²) in [5.41, 5.74) is 0.994. The Labute approximate surface area is 75.0 Å². The van der Waals surface area contributed by atoms with Crippen LogP contribution in [0.25, 0.3) is 0 Å². The van der Waals surface area contributed by atoms with Crippen LogP contribution in [-0.4, -0.2) is 17.6 Å². The Morgan fingerprint density at radius 3 is 3.08 bits per heavy atom. The summed E-state index contributed by atoms with van der Waals surface area (Å²) < 4.78 is 0. The number of hydrogen-bond donors (Lipinski definition) is 2. The van der Waals surface area contributed by atoms with E-state index in [-0.39, 0.29) is 5.92 Å². The molecule has 0 fully saturated rings. The number of anilines is 1. The monoisotopic (exact) mass is 185 g/mol. The van der Waals surface area contributed by atoms with Crippen molar-refractivity contribution in [1.82, 2.24) is 0 Å². The number of carboxylic acids is 1. The maximum atomic E-state index is 10.4. The van der Waals surface area contributed by atoms with Crippen molar-refractivity contribution in [2.45, 2.75) is 6.92 Å². The van der Waals surface area contributed by atoms with Crippen molar-refractivity contribution < 1.29 is 9.90 Å². The molecule has 0 amide bonds. The second kappa shape index (κ2) is 4.11. The number of rotatable bonds is 4. The fourth-order valence-corrected chi connectivity index (χ4v) is 1.34. The van der Waals surface area contributed by atoms with Crippen LogP contribution in [0.2, 0.25) is 0 Å². The fraction of sp³-hybridized carbons (Fsp3) is 0.375. The molecule has 1 heterocycles. The maximum absolute atomic E-state index is 10.4. The van der Waals surface area contributed by atoms with E-state index < -0.39 is 5.97 Å². The second-order valence-electron chi connectivity index (χ2n) is 2.63. The summed E-state index contributed by atoms with van der Waals surface area (Å²) in [7, 11) is 0. The van der Waals surface area contributed by atoms with Gasteiger partial charge in [-0.05, 0) is 11.4 Å². The van der Waals surface area contributed by atoms with Crippen molar-refractivity contribution in [1.29, 1.82) is 0 Å². The zero-order valence-electron chi connectivity index (χ0n) is 6.78. The molecule has 0 aliphatic heterocycles. The molecule has 1 atom stereocenters. The average molecular weight is 185 g/mol.